The molecule has 98 valence electrons. The fourth-order valence-electron chi connectivity index (χ4n) is 2.24. The van der Waals surface area contributed by atoms with Gasteiger partial charge in [-0.25, -0.2) is 0 Å². The molecule has 18 heavy (non-hydrogen) atoms. The third kappa shape index (κ3) is 2.75. The summed E-state index contributed by atoms with van der Waals surface area (Å²) >= 11 is 0. The van der Waals surface area contributed by atoms with Crippen LogP contribution in [-0.4, -0.2) is 25.5 Å². The first kappa shape index (κ1) is 12.7. The van der Waals surface area contributed by atoms with Crippen molar-refractivity contribution in [3.63, 3.8) is 0 Å². The van der Waals surface area contributed by atoms with Gasteiger partial charge in [0.1, 0.15) is 0 Å². The van der Waals surface area contributed by atoms with Crippen molar-refractivity contribution in [1.29, 1.82) is 0 Å². The number of nitrogens with zero attached hydrogens (tertiary/aromatic N) is 1. The predicted octanol–water partition coefficient (Wildman–Crippen LogP) is 1.40. The Bertz CT molecular complexity index is 443. The highest BCUT2D eigenvalue weighted by atomic mass is 16.2. The number of fused-ring (bicyclic) bond motifs is 1. The van der Waals surface area contributed by atoms with E-state index in [2.05, 4.69) is 24.1 Å². The molecule has 0 fully saturated rings. The predicted molar refractivity (Wildman–Crippen MR) is 74.6 cm³/mol. The third-order valence-corrected chi connectivity index (χ3v) is 3.20. The molecule has 1 amide bonds. The van der Waals surface area contributed by atoms with Crippen LogP contribution in [-0.2, 0) is 11.2 Å². The molecule has 1 aromatic rings. The van der Waals surface area contributed by atoms with Crippen molar-refractivity contribution < 1.29 is 4.79 Å². The number of nitrogen functional groups attached to an aromatic ring is 1. The zero-order chi connectivity index (χ0) is 13.1. The number of anilines is 2. The van der Waals surface area contributed by atoms with Crippen LogP contribution in [0.3, 0.4) is 0 Å². The summed E-state index contributed by atoms with van der Waals surface area (Å²) in [5.74, 6) is 0.564. The Labute approximate surface area is 108 Å². The van der Waals surface area contributed by atoms with Gasteiger partial charge in [0, 0.05) is 30.0 Å². The van der Waals surface area contributed by atoms with Crippen LogP contribution >= 0.6 is 0 Å². The summed E-state index contributed by atoms with van der Waals surface area (Å²) in [4.78, 5) is 13.9. The SMILES string of the molecule is CC(C)CNC(=O)CN1CCc2c(N)cccc21. The van der Waals surface area contributed by atoms with Gasteiger partial charge in [-0.1, -0.05) is 19.9 Å². The molecule has 4 nitrogen and oxygen atoms in total. The monoisotopic (exact) mass is 247 g/mol. The summed E-state index contributed by atoms with van der Waals surface area (Å²) in [6, 6.07) is 5.90. The summed E-state index contributed by atoms with van der Waals surface area (Å²) in [6.45, 7) is 6.20. The van der Waals surface area contributed by atoms with Gasteiger partial charge in [0.15, 0.2) is 0 Å². The average Bonchev–Trinajstić information content (AvgIpc) is 2.72. The van der Waals surface area contributed by atoms with Crippen molar-refractivity contribution in [2.75, 3.05) is 30.3 Å². The molecule has 0 unspecified atom stereocenters. The van der Waals surface area contributed by atoms with Crippen molar-refractivity contribution in [2.45, 2.75) is 20.3 Å². The minimum Gasteiger partial charge on any atom is -0.398 e. The van der Waals surface area contributed by atoms with E-state index < -0.39 is 0 Å². The quantitative estimate of drug-likeness (QED) is 0.791. The Morgan fingerprint density at radius 2 is 2.28 bits per heavy atom. The lowest BCUT2D eigenvalue weighted by Crippen LogP contribution is -2.37. The van der Waals surface area contributed by atoms with Crippen LogP contribution in [0.1, 0.15) is 19.4 Å². The highest BCUT2D eigenvalue weighted by Crippen LogP contribution is 2.31. The molecule has 1 aromatic carbocycles. The summed E-state index contributed by atoms with van der Waals surface area (Å²) in [6.07, 6.45) is 0.930. The first-order valence-electron chi connectivity index (χ1n) is 6.47. The standard InChI is InChI=1S/C14H21N3O/c1-10(2)8-16-14(18)9-17-7-6-11-12(15)4-3-5-13(11)17/h3-5,10H,6-9,15H2,1-2H3,(H,16,18). The second-order valence-corrected chi connectivity index (χ2v) is 5.21. The first-order valence-corrected chi connectivity index (χ1v) is 6.47. The number of nitrogens with two attached hydrogens (primary N) is 1. The number of hydrogen-bond acceptors (Lipinski definition) is 3. The second kappa shape index (κ2) is 5.29. The maximum Gasteiger partial charge on any atom is 0.239 e. The molecular weight excluding hydrogens is 226 g/mol. The summed E-state index contributed by atoms with van der Waals surface area (Å²) in [7, 11) is 0. The van der Waals surface area contributed by atoms with E-state index in [1.54, 1.807) is 0 Å². The van der Waals surface area contributed by atoms with Gasteiger partial charge >= 0.3 is 0 Å². The molecule has 2 rings (SSSR count). The molecule has 1 aliphatic heterocycles. The van der Waals surface area contributed by atoms with Crippen LogP contribution in [0.15, 0.2) is 18.2 Å². The Hall–Kier alpha value is -1.71. The molecule has 0 saturated heterocycles. The molecule has 1 aliphatic rings. The Balaban J connectivity index is 1.97. The number of benzene rings is 1. The van der Waals surface area contributed by atoms with Gasteiger partial charge in [-0.15, -0.1) is 0 Å². The molecule has 0 bridgehead atoms. The first-order chi connectivity index (χ1) is 8.58. The van der Waals surface area contributed by atoms with E-state index in [1.165, 1.54) is 5.56 Å². The van der Waals surface area contributed by atoms with Crippen LogP contribution < -0.4 is 16.0 Å². The van der Waals surface area contributed by atoms with Gasteiger partial charge in [-0.3, -0.25) is 4.79 Å². The smallest absolute Gasteiger partial charge is 0.239 e. The minimum atomic E-state index is 0.0824. The molecule has 0 aliphatic carbocycles. The van der Waals surface area contributed by atoms with Crippen LogP contribution in [0.5, 0.6) is 0 Å². The zero-order valence-electron chi connectivity index (χ0n) is 11.1. The van der Waals surface area contributed by atoms with Crippen molar-refractivity contribution in [1.82, 2.24) is 5.32 Å². The fourth-order valence-corrected chi connectivity index (χ4v) is 2.24. The van der Waals surface area contributed by atoms with E-state index >= 15 is 0 Å². The number of amides is 1. The molecule has 0 atom stereocenters. The number of carbonyl (C=O) groups is 1. The van der Waals surface area contributed by atoms with Crippen LogP contribution in [0.2, 0.25) is 0 Å². The highest BCUT2D eigenvalue weighted by molar-refractivity contribution is 5.83. The topological polar surface area (TPSA) is 58.4 Å². The molecule has 0 spiro atoms. The van der Waals surface area contributed by atoms with Crippen LogP contribution in [0.4, 0.5) is 11.4 Å². The van der Waals surface area contributed by atoms with Crippen molar-refractivity contribution in [3.05, 3.63) is 23.8 Å². The van der Waals surface area contributed by atoms with Crippen molar-refractivity contribution in [2.24, 2.45) is 5.92 Å². The number of hydrogen-bond donors (Lipinski definition) is 2. The van der Waals surface area contributed by atoms with E-state index in [-0.39, 0.29) is 5.91 Å². The molecule has 4 heteroatoms. The maximum atomic E-state index is 11.8. The van der Waals surface area contributed by atoms with Crippen LogP contribution in [0, 0.1) is 5.92 Å². The van der Waals surface area contributed by atoms with Crippen molar-refractivity contribution in [3.8, 4) is 0 Å². The van der Waals surface area contributed by atoms with E-state index in [0.717, 1.165) is 30.9 Å². The van der Waals surface area contributed by atoms with E-state index in [4.69, 9.17) is 5.73 Å². The average molecular weight is 247 g/mol. The third-order valence-electron chi connectivity index (χ3n) is 3.20. The summed E-state index contributed by atoms with van der Waals surface area (Å²) in [5, 5.41) is 2.94. The Morgan fingerprint density at radius 3 is 3.00 bits per heavy atom. The second-order valence-electron chi connectivity index (χ2n) is 5.21. The minimum absolute atomic E-state index is 0.0824. The molecule has 0 aromatic heterocycles. The van der Waals surface area contributed by atoms with E-state index in [9.17, 15) is 4.79 Å². The van der Waals surface area contributed by atoms with Gasteiger partial charge < -0.3 is 16.0 Å². The normalized spacial score (nSPS) is 13.8. The number of rotatable bonds is 4. The van der Waals surface area contributed by atoms with Crippen molar-refractivity contribution >= 4 is 17.3 Å². The summed E-state index contributed by atoms with van der Waals surface area (Å²) in [5.41, 5.74) is 9.05. The highest BCUT2D eigenvalue weighted by Gasteiger charge is 2.22. The molecular formula is C14H21N3O. The maximum absolute atomic E-state index is 11.8. The number of carbonyl (C=O) groups excluding carboxylic acids is 1. The molecule has 0 saturated carbocycles. The lowest BCUT2D eigenvalue weighted by molar-refractivity contribution is -0.119. The van der Waals surface area contributed by atoms with Gasteiger partial charge in [-0.2, -0.15) is 0 Å². The van der Waals surface area contributed by atoms with Gasteiger partial charge in [0.05, 0.1) is 6.54 Å². The van der Waals surface area contributed by atoms with Gasteiger partial charge in [-0.05, 0) is 24.5 Å². The Kier molecular flexibility index (Phi) is 3.75. The lowest BCUT2D eigenvalue weighted by Gasteiger charge is -2.19. The zero-order valence-corrected chi connectivity index (χ0v) is 11.1. The number of nitrogens with one attached hydrogen (secondary N) is 1. The van der Waals surface area contributed by atoms with Crippen LogP contribution in [0.25, 0.3) is 0 Å². The molecule has 3 N–H and O–H groups in total. The lowest BCUT2D eigenvalue weighted by atomic mass is 10.1. The van der Waals surface area contributed by atoms with Gasteiger partial charge in [0.25, 0.3) is 0 Å². The molecule has 0 radical (unpaired) electrons. The fraction of sp³-hybridized carbons (Fsp3) is 0.500. The van der Waals surface area contributed by atoms with E-state index in [1.807, 2.05) is 18.2 Å². The van der Waals surface area contributed by atoms with E-state index in [0.29, 0.717) is 12.5 Å². The Morgan fingerprint density at radius 1 is 1.50 bits per heavy atom. The largest absolute Gasteiger partial charge is 0.398 e. The van der Waals surface area contributed by atoms with Gasteiger partial charge in [0.2, 0.25) is 5.91 Å². The summed E-state index contributed by atoms with van der Waals surface area (Å²) < 4.78 is 0. The molecule has 1 heterocycles.